The van der Waals surface area contributed by atoms with E-state index in [1.54, 1.807) is 16.9 Å². The van der Waals surface area contributed by atoms with Gasteiger partial charge in [-0.2, -0.15) is 0 Å². The van der Waals surface area contributed by atoms with Gasteiger partial charge < -0.3 is 20.3 Å². The summed E-state index contributed by atoms with van der Waals surface area (Å²) in [5.41, 5.74) is 8.95. The van der Waals surface area contributed by atoms with E-state index in [1.807, 2.05) is 24.3 Å². The number of nitrogens with zero attached hydrogens (tertiary/aromatic N) is 4. The highest BCUT2D eigenvalue weighted by Crippen LogP contribution is 2.24. The second kappa shape index (κ2) is 8.06. The fraction of sp³-hybridized carbons (Fsp3) is 0.429. The van der Waals surface area contributed by atoms with Crippen LogP contribution in [0.1, 0.15) is 40.2 Å². The number of carbonyl (C=O) groups excluding carboxylic acids is 2. The molecule has 1 aromatic carbocycles. The predicted molar refractivity (Wildman–Crippen MR) is 107 cm³/mol. The zero-order chi connectivity index (χ0) is 20.4. The molecule has 152 valence electrons. The van der Waals surface area contributed by atoms with Gasteiger partial charge >= 0.3 is 0 Å². The molecule has 0 bridgehead atoms. The number of piperazine rings is 1. The molecule has 29 heavy (non-hydrogen) atoms. The van der Waals surface area contributed by atoms with E-state index in [0.29, 0.717) is 25.3 Å². The smallest absolute Gasteiger partial charge is 0.273 e. The number of hydrogen-bond donors (Lipinski definition) is 1. The number of benzene rings is 1. The maximum absolute atomic E-state index is 13.1. The van der Waals surface area contributed by atoms with Crippen LogP contribution in [0.15, 0.2) is 24.3 Å². The zero-order valence-electron chi connectivity index (χ0n) is 16.6. The van der Waals surface area contributed by atoms with Crippen molar-refractivity contribution in [3.63, 3.8) is 0 Å². The summed E-state index contributed by atoms with van der Waals surface area (Å²) in [4.78, 5) is 37.7. The first-order valence-corrected chi connectivity index (χ1v) is 9.90. The highest BCUT2D eigenvalue weighted by atomic mass is 16.5. The summed E-state index contributed by atoms with van der Waals surface area (Å²) in [7, 11) is 1.62. The molecule has 8 nitrogen and oxygen atoms in total. The molecule has 1 aliphatic heterocycles. The summed E-state index contributed by atoms with van der Waals surface area (Å²) in [6.07, 6.45) is 3.64. The molecular formula is C21H25N5O3. The highest BCUT2D eigenvalue weighted by Gasteiger charge is 2.31. The Morgan fingerprint density at radius 1 is 1.21 bits per heavy atom. The lowest BCUT2D eigenvalue weighted by atomic mass is 9.94. The summed E-state index contributed by atoms with van der Waals surface area (Å²) < 4.78 is 5.24. The van der Waals surface area contributed by atoms with Crippen molar-refractivity contribution in [2.45, 2.75) is 32.2 Å². The van der Waals surface area contributed by atoms with Crippen molar-refractivity contribution in [3.8, 4) is 5.75 Å². The van der Waals surface area contributed by atoms with Crippen molar-refractivity contribution < 1.29 is 14.3 Å². The first-order chi connectivity index (χ1) is 14.0. The number of carbonyl (C=O) groups is 2. The first-order valence-electron chi connectivity index (χ1n) is 9.90. The van der Waals surface area contributed by atoms with E-state index < -0.39 is 0 Å². The summed E-state index contributed by atoms with van der Waals surface area (Å²) in [6.45, 7) is 1.48. The number of methoxy groups -OCH3 is 1. The van der Waals surface area contributed by atoms with E-state index >= 15 is 0 Å². The van der Waals surface area contributed by atoms with Gasteiger partial charge in [-0.1, -0.05) is 12.1 Å². The van der Waals surface area contributed by atoms with Gasteiger partial charge in [0.15, 0.2) is 0 Å². The maximum atomic E-state index is 13.1. The summed E-state index contributed by atoms with van der Waals surface area (Å²) >= 11 is 0. The Balaban J connectivity index is 1.47. The number of fused-ring (bicyclic) bond motifs is 1. The van der Waals surface area contributed by atoms with Crippen LogP contribution in [-0.2, 0) is 24.2 Å². The Morgan fingerprint density at radius 2 is 2.03 bits per heavy atom. The number of anilines is 1. The Hall–Kier alpha value is -3.16. The molecule has 1 aliphatic carbocycles. The van der Waals surface area contributed by atoms with Gasteiger partial charge in [-0.15, -0.1) is 0 Å². The van der Waals surface area contributed by atoms with Crippen molar-refractivity contribution in [3.05, 3.63) is 46.8 Å². The number of amides is 2. The number of nitrogen functional groups attached to an aromatic ring is 1. The van der Waals surface area contributed by atoms with Crippen molar-refractivity contribution in [2.24, 2.45) is 0 Å². The lowest BCUT2D eigenvalue weighted by Crippen LogP contribution is -2.52. The van der Waals surface area contributed by atoms with Gasteiger partial charge in [0.25, 0.3) is 5.91 Å². The van der Waals surface area contributed by atoms with E-state index in [2.05, 4.69) is 9.97 Å². The lowest BCUT2D eigenvalue weighted by molar-refractivity contribution is -0.135. The number of nitrogens with two attached hydrogens (primary N) is 1. The molecule has 0 spiro atoms. The van der Waals surface area contributed by atoms with Crippen LogP contribution in [-0.4, -0.2) is 58.3 Å². The molecule has 0 unspecified atom stereocenters. The molecule has 0 atom stereocenters. The Labute approximate surface area is 169 Å². The van der Waals surface area contributed by atoms with Crippen LogP contribution in [0.2, 0.25) is 0 Å². The van der Waals surface area contributed by atoms with Crippen molar-refractivity contribution in [1.29, 1.82) is 0 Å². The number of ether oxygens (including phenoxy) is 1. The number of aromatic nitrogens is 2. The van der Waals surface area contributed by atoms with Gasteiger partial charge in [0, 0.05) is 30.9 Å². The fourth-order valence-electron chi connectivity index (χ4n) is 3.98. The summed E-state index contributed by atoms with van der Waals surface area (Å²) in [6, 6.07) is 7.65. The number of aryl methyl sites for hydroxylation is 1. The van der Waals surface area contributed by atoms with Crippen molar-refractivity contribution in [2.75, 3.05) is 32.5 Å². The minimum atomic E-state index is -0.230. The van der Waals surface area contributed by atoms with Crippen LogP contribution in [0.5, 0.6) is 5.75 Å². The van der Waals surface area contributed by atoms with Crippen molar-refractivity contribution in [1.82, 2.24) is 19.8 Å². The molecule has 0 saturated carbocycles. The molecule has 8 heteroatoms. The zero-order valence-corrected chi connectivity index (χ0v) is 16.6. The van der Waals surface area contributed by atoms with Gasteiger partial charge in [-0.3, -0.25) is 9.59 Å². The molecule has 4 rings (SSSR count). The van der Waals surface area contributed by atoms with Gasteiger partial charge in [-0.25, -0.2) is 9.97 Å². The normalized spacial score (nSPS) is 16.5. The number of rotatable bonds is 4. The predicted octanol–water partition coefficient (Wildman–Crippen LogP) is 1.43. The largest absolute Gasteiger partial charge is 0.497 e. The third-order valence-corrected chi connectivity index (χ3v) is 5.52. The van der Waals surface area contributed by atoms with Gasteiger partial charge in [0.1, 0.15) is 18.0 Å². The van der Waals surface area contributed by atoms with Crippen molar-refractivity contribution >= 4 is 17.8 Å². The van der Waals surface area contributed by atoms with E-state index in [9.17, 15) is 9.59 Å². The molecule has 1 saturated heterocycles. The first kappa shape index (κ1) is 19.2. The fourth-order valence-corrected chi connectivity index (χ4v) is 3.98. The van der Waals surface area contributed by atoms with Crippen LogP contribution in [0.4, 0.5) is 5.95 Å². The quantitative estimate of drug-likeness (QED) is 0.840. The molecule has 1 fully saturated rings. The van der Waals surface area contributed by atoms with E-state index in [-0.39, 0.29) is 24.3 Å². The average molecular weight is 395 g/mol. The average Bonchev–Trinajstić information content (AvgIpc) is 2.74. The maximum Gasteiger partial charge on any atom is 0.273 e. The van der Waals surface area contributed by atoms with E-state index in [4.69, 9.17) is 10.5 Å². The Kier molecular flexibility index (Phi) is 5.33. The lowest BCUT2D eigenvalue weighted by Gasteiger charge is -2.34. The van der Waals surface area contributed by atoms with Gasteiger partial charge in [0.2, 0.25) is 11.9 Å². The monoisotopic (exact) mass is 395 g/mol. The molecule has 2 heterocycles. The molecule has 0 radical (unpaired) electrons. The van der Waals surface area contributed by atoms with Gasteiger partial charge in [0.05, 0.1) is 7.11 Å². The second-order valence-electron chi connectivity index (χ2n) is 7.46. The third kappa shape index (κ3) is 4.01. The molecule has 2 aliphatic rings. The van der Waals surface area contributed by atoms with Crippen LogP contribution >= 0.6 is 0 Å². The van der Waals surface area contributed by atoms with Crippen LogP contribution in [0, 0.1) is 0 Å². The molecule has 2 N–H and O–H groups in total. The Bertz CT molecular complexity index is 946. The van der Waals surface area contributed by atoms with Gasteiger partial charge in [-0.05, 0) is 43.4 Å². The summed E-state index contributed by atoms with van der Waals surface area (Å²) in [5, 5.41) is 0. The Morgan fingerprint density at radius 3 is 2.83 bits per heavy atom. The minimum absolute atomic E-state index is 0.0431. The number of hydrogen-bond acceptors (Lipinski definition) is 6. The second-order valence-corrected chi connectivity index (χ2v) is 7.46. The van der Waals surface area contributed by atoms with Crippen LogP contribution < -0.4 is 10.5 Å². The third-order valence-electron chi connectivity index (χ3n) is 5.52. The molecular weight excluding hydrogens is 370 g/mol. The summed E-state index contributed by atoms with van der Waals surface area (Å²) in [5.74, 6) is 0.571. The van der Waals surface area contributed by atoms with E-state index in [0.717, 1.165) is 48.3 Å². The molecule has 2 amide bonds. The van der Waals surface area contributed by atoms with E-state index in [1.165, 1.54) is 0 Å². The van der Waals surface area contributed by atoms with Crippen LogP contribution in [0.25, 0.3) is 0 Å². The highest BCUT2D eigenvalue weighted by molar-refractivity contribution is 5.97. The van der Waals surface area contributed by atoms with Crippen LogP contribution in [0.3, 0.4) is 0 Å². The molecule has 2 aromatic rings. The topological polar surface area (TPSA) is 102 Å². The standard InChI is InChI=1S/C21H25N5O3/c1-29-15-6-4-5-14(11-15)12-25-9-10-26(13-18(25)27)20(28)19-16-7-2-3-8-17(16)23-21(22)24-19/h4-6,11H,2-3,7-10,12-13H2,1H3,(H2,22,23,24). The minimum Gasteiger partial charge on any atom is -0.497 e. The SMILES string of the molecule is COc1cccc(CN2CCN(C(=O)c3nc(N)nc4c3CCCC4)CC2=O)c1. The molecule has 1 aromatic heterocycles.